The normalized spacial score (nSPS) is 12.4. The Hall–Kier alpha value is -1.69. The Morgan fingerprint density at radius 2 is 2.12 bits per heavy atom. The molecule has 2 rings (SSSR count). The molecule has 2 aromatic heterocycles. The van der Waals surface area contributed by atoms with Gasteiger partial charge in [0.2, 0.25) is 5.95 Å². The largest absolute Gasteiger partial charge is 0.344 e. The third kappa shape index (κ3) is 2.91. The zero-order valence-electron chi connectivity index (χ0n) is 9.61. The Balaban J connectivity index is 2.12. The summed E-state index contributed by atoms with van der Waals surface area (Å²) in [6, 6.07) is -0.0128. The van der Waals surface area contributed by atoms with E-state index >= 15 is 0 Å². The first-order valence-electron chi connectivity index (χ1n) is 5.32. The van der Waals surface area contributed by atoms with E-state index in [0.717, 1.165) is 12.2 Å². The number of aromatic nitrogens is 5. The molecule has 2 heterocycles. The van der Waals surface area contributed by atoms with E-state index in [1.165, 1.54) is 0 Å². The summed E-state index contributed by atoms with van der Waals surface area (Å²) in [5.41, 5.74) is 0. The monoisotopic (exact) mass is 252 g/mol. The lowest BCUT2D eigenvalue weighted by molar-refractivity contribution is 0.688. The maximum atomic E-state index is 5.72. The molecular formula is C10H13ClN6. The van der Waals surface area contributed by atoms with E-state index in [2.05, 4.69) is 30.5 Å². The Kier molecular flexibility index (Phi) is 3.53. The summed E-state index contributed by atoms with van der Waals surface area (Å²) in [5.74, 6) is 2.02. The number of aromatic amines is 1. The second kappa shape index (κ2) is 5.09. The molecule has 0 fully saturated rings. The smallest absolute Gasteiger partial charge is 0.223 e. The van der Waals surface area contributed by atoms with Crippen LogP contribution in [0.5, 0.6) is 0 Å². The van der Waals surface area contributed by atoms with Crippen molar-refractivity contribution in [3.8, 4) is 0 Å². The number of hydrogen-bond donors (Lipinski definition) is 2. The molecule has 0 aromatic carbocycles. The Morgan fingerprint density at radius 3 is 2.65 bits per heavy atom. The molecule has 90 valence electrons. The highest BCUT2D eigenvalue weighted by molar-refractivity contribution is 6.30. The number of halogens is 1. The first-order valence-corrected chi connectivity index (χ1v) is 5.70. The quantitative estimate of drug-likeness (QED) is 0.871. The molecule has 6 nitrogen and oxygen atoms in total. The summed E-state index contributed by atoms with van der Waals surface area (Å²) in [4.78, 5) is 12.4. The number of aryl methyl sites for hydroxylation is 1. The van der Waals surface area contributed by atoms with Crippen molar-refractivity contribution in [1.29, 1.82) is 0 Å². The van der Waals surface area contributed by atoms with E-state index in [4.69, 9.17) is 11.6 Å². The van der Waals surface area contributed by atoms with Gasteiger partial charge in [-0.15, -0.1) is 0 Å². The predicted octanol–water partition coefficient (Wildman–Crippen LogP) is 2.12. The minimum absolute atomic E-state index is 0.0128. The molecule has 0 saturated heterocycles. The van der Waals surface area contributed by atoms with Crippen molar-refractivity contribution in [3.63, 3.8) is 0 Å². The number of nitrogens with one attached hydrogen (secondary N) is 2. The molecule has 2 N–H and O–H groups in total. The number of anilines is 1. The van der Waals surface area contributed by atoms with Gasteiger partial charge in [0.15, 0.2) is 5.82 Å². The average Bonchev–Trinajstić information content (AvgIpc) is 2.75. The van der Waals surface area contributed by atoms with Crippen LogP contribution >= 0.6 is 11.6 Å². The fraction of sp³-hybridized carbons (Fsp3) is 0.400. The standard InChI is InChI=1S/C10H13ClN6/c1-3-8(9-14-6(2)16-17-9)15-10-12-4-7(11)5-13-10/h4-5,8H,3H2,1-2H3,(H,12,13,15)(H,14,16,17)/t8-/m1/s1. The molecule has 0 saturated carbocycles. The van der Waals surface area contributed by atoms with E-state index in [-0.39, 0.29) is 6.04 Å². The Bertz CT molecular complexity index is 480. The summed E-state index contributed by atoms with van der Waals surface area (Å²) in [5, 5.41) is 10.6. The van der Waals surface area contributed by atoms with Crippen molar-refractivity contribution >= 4 is 17.5 Å². The summed E-state index contributed by atoms with van der Waals surface area (Å²) >= 11 is 5.72. The summed E-state index contributed by atoms with van der Waals surface area (Å²) in [7, 11) is 0. The van der Waals surface area contributed by atoms with Crippen molar-refractivity contribution in [3.05, 3.63) is 29.1 Å². The second-order valence-corrected chi connectivity index (χ2v) is 4.05. The van der Waals surface area contributed by atoms with Crippen LogP contribution in [0.2, 0.25) is 5.02 Å². The fourth-order valence-electron chi connectivity index (χ4n) is 1.41. The third-order valence-corrected chi connectivity index (χ3v) is 2.45. The van der Waals surface area contributed by atoms with Crippen molar-refractivity contribution in [2.75, 3.05) is 5.32 Å². The first kappa shape index (κ1) is 11.8. The lowest BCUT2D eigenvalue weighted by Crippen LogP contribution is -2.13. The lowest BCUT2D eigenvalue weighted by atomic mass is 10.2. The summed E-state index contributed by atoms with van der Waals surface area (Å²) in [6.45, 7) is 3.90. The number of hydrogen-bond acceptors (Lipinski definition) is 5. The zero-order chi connectivity index (χ0) is 12.3. The van der Waals surface area contributed by atoms with Crippen molar-refractivity contribution in [2.24, 2.45) is 0 Å². The van der Waals surface area contributed by atoms with Gasteiger partial charge in [0.25, 0.3) is 0 Å². The SMILES string of the molecule is CC[C@@H](Nc1ncc(Cl)cn1)c1n[nH]c(C)n1. The molecule has 0 aliphatic heterocycles. The topological polar surface area (TPSA) is 79.4 Å². The van der Waals surface area contributed by atoms with Crippen molar-refractivity contribution in [2.45, 2.75) is 26.3 Å². The molecule has 0 aliphatic carbocycles. The number of H-pyrrole nitrogens is 1. The van der Waals surface area contributed by atoms with Crippen LogP contribution in [0.3, 0.4) is 0 Å². The van der Waals surface area contributed by atoms with Gasteiger partial charge in [-0.3, -0.25) is 5.10 Å². The van der Waals surface area contributed by atoms with E-state index in [9.17, 15) is 0 Å². The highest BCUT2D eigenvalue weighted by atomic mass is 35.5. The van der Waals surface area contributed by atoms with Gasteiger partial charge in [0, 0.05) is 0 Å². The van der Waals surface area contributed by atoms with Crippen molar-refractivity contribution in [1.82, 2.24) is 25.1 Å². The molecule has 0 unspecified atom stereocenters. The maximum absolute atomic E-state index is 5.72. The third-order valence-electron chi connectivity index (χ3n) is 2.26. The zero-order valence-corrected chi connectivity index (χ0v) is 10.4. The highest BCUT2D eigenvalue weighted by Gasteiger charge is 2.14. The van der Waals surface area contributed by atoms with Gasteiger partial charge < -0.3 is 5.32 Å². The second-order valence-electron chi connectivity index (χ2n) is 3.61. The van der Waals surface area contributed by atoms with Gasteiger partial charge in [-0.2, -0.15) is 5.10 Å². The molecule has 1 atom stereocenters. The molecule has 0 aliphatic rings. The van der Waals surface area contributed by atoms with Gasteiger partial charge >= 0.3 is 0 Å². The van der Waals surface area contributed by atoms with Crippen molar-refractivity contribution < 1.29 is 0 Å². The lowest BCUT2D eigenvalue weighted by Gasteiger charge is -2.12. The van der Waals surface area contributed by atoms with Crippen LogP contribution in [0.25, 0.3) is 0 Å². The van der Waals surface area contributed by atoms with Gasteiger partial charge in [-0.25, -0.2) is 15.0 Å². The molecule has 0 amide bonds. The van der Waals surface area contributed by atoms with Crippen LogP contribution in [0.1, 0.15) is 31.0 Å². The van der Waals surface area contributed by atoms with Gasteiger partial charge in [0.05, 0.1) is 23.5 Å². The average molecular weight is 253 g/mol. The molecule has 0 bridgehead atoms. The predicted molar refractivity (Wildman–Crippen MR) is 64.8 cm³/mol. The first-order chi connectivity index (χ1) is 8.19. The highest BCUT2D eigenvalue weighted by Crippen LogP contribution is 2.17. The number of rotatable bonds is 4. The van der Waals surface area contributed by atoms with Gasteiger partial charge in [-0.1, -0.05) is 18.5 Å². The molecule has 17 heavy (non-hydrogen) atoms. The molecule has 0 spiro atoms. The number of nitrogens with zero attached hydrogens (tertiary/aromatic N) is 4. The van der Waals surface area contributed by atoms with E-state index < -0.39 is 0 Å². The summed E-state index contributed by atoms with van der Waals surface area (Å²) < 4.78 is 0. The van der Waals surface area contributed by atoms with E-state index in [1.54, 1.807) is 12.4 Å². The van der Waals surface area contributed by atoms with Crippen LogP contribution in [-0.4, -0.2) is 25.1 Å². The minimum atomic E-state index is -0.0128. The molecule has 7 heteroatoms. The van der Waals surface area contributed by atoms with E-state index in [0.29, 0.717) is 16.8 Å². The minimum Gasteiger partial charge on any atom is -0.344 e. The Morgan fingerprint density at radius 1 is 1.41 bits per heavy atom. The van der Waals surface area contributed by atoms with Crippen LogP contribution in [-0.2, 0) is 0 Å². The van der Waals surface area contributed by atoms with Crippen LogP contribution in [0.15, 0.2) is 12.4 Å². The Labute approximate surface area is 104 Å². The van der Waals surface area contributed by atoms with Crippen LogP contribution in [0.4, 0.5) is 5.95 Å². The molecule has 0 radical (unpaired) electrons. The molecular weight excluding hydrogens is 240 g/mol. The summed E-state index contributed by atoms with van der Waals surface area (Å²) in [6.07, 6.45) is 3.93. The van der Waals surface area contributed by atoms with Crippen LogP contribution in [0, 0.1) is 6.92 Å². The van der Waals surface area contributed by atoms with Crippen LogP contribution < -0.4 is 5.32 Å². The van der Waals surface area contributed by atoms with Gasteiger partial charge in [-0.05, 0) is 13.3 Å². The maximum Gasteiger partial charge on any atom is 0.223 e. The fourth-order valence-corrected chi connectivity index (χ4v) is 1.51. The van der Waals surface area contributed by atoms with E-state index in [1.807, 2.05) is 13.8 Å². The molecule has 2 aromatic rings. The van der Waals surface area contributed by atoms with Gasteiger partial charge in [0.1, 0.15) is 5.82 Å².